The van der Waals surface area contributed by atoms with Crippen LogP contribution in [0.2, 0.25) is 0 Å². The van der Waals surface area contributed by atoms with Gasteiger partial charge in [0.15, 0.2) is 0 Å². The lowest BCUT2D eigenvalue weighted by Gasteiger charge is -2.07. The van der Waals surface area contributed by atoms with Crippen LogP contribution < -0.4 is 10.6 Å². The van der Waals surface area contributed by atoms with Crippen LogP contribution in [0.4, 0.5) is 5.69 Å². The molecule has 0 aliphatic rings. The number of amides is 2. The van der Waals surface area contributed by atoms with Crippen LogP contribution in [-0.2, 0) is 11.2 Å². The predicted molar refractivity (Wildman–Crippen MR) is 93.5 cm³/mol. The third kappa shape index (κ3) is 4.18. The molecule has 0 fully saturated rings. The van der Waals surface area contributed by atoms with E-state index in [2.05, 4.69) is 33.5 Å². The van der Waals surface area contributed by atoms with Gasteiger partial charge in [0.25, 0.3) is 5.91 Å². The van der Waals surface area contributed by atoms with Crippen molar-refractivity contribution in [3.63, 3.8) is 0 Å². The normalized spacial score (nSPS) is 10.3. The van der Waals surface area contributed by atoms with E-state index in [4.69, 9.17) is 0 Å². The molecule has 0 bridgehead atoms. The number of halogens is 1. The second-order valence-corrected chi connectivity index (χ2v) is 6.77. The van der Waals surface area contributed by atoms with Gasteiger partial charge in [-0.15, -0.1) is 11.3 Å². The molecule has 2 aromatic rings. The van der Waals surface area contributed by atoms with Crippen molar-refractivity contribution in [3.05, 3.63) is 50.1 Å². The minimum atomic E-state index is -0.260. The predicted octanol–water partition coefficient (Wildman–Crippen LogP) is 3.75. The van der Waals surface area contributed by atoms with Crippen LogP contribution in [0.25, 0.3) is 0 Å². The Morgan fingerprint density at radius 3 is 2.64 bits per heavy atom. The fourth-order valence-electron chi connectivity index (χ4n) is 1.99. The summed E-state index contributed by atoms with van der Waals surface area (Å²) < 4.78 is 0.802. The third-order valence-corrected chi connectivity index (χ3v) is 5.19. The number of benzene rings is 1. The molecule has 1 aromatic heterocycles. The van der Waals surface area contributed by atoms with Gasteiger partial charge in [-0.1, -0.05) is 19.1 Å². The Bertz CT molecular complexity index is 697. The van der Waals surface area contributed by atoms with Crippen LogP contribution in [0, 0.1) is 6.92 Å². The second-order valence-electron chi connectivity index (χ2n) is 4.78. The van der Waals surface area contributed by atoms with Crippen molar-refractivity contribution in [1.29, 1.82) is 0 Å². The van der Waals surface area contributed by atoms with Crippen molar-refractivity contribution in [1.82, 2.24) is 5.32 Å². The van der Waals surface area contributed by atoms with Crippen LogP contribution in [0.5, 0.6) is 0 Å². The topological polar surface area (TPSA) is 58.2 Å². The highest BCUT2D eigenvalue weighted by molar-refractivity contribution is 9.10. The lowest BCUT2D eigenvalue weighted by atomic mass is 10.2. The minimum absolute atomic E-state index is 0.0570. The number of aryl methyl sites for hydroxylation is 2. The lowest BCUT2D eigenvalue weighted by Crippen LogP contribution is -2.32. The molecule has 2 N–H and O–H groups in total. The summed E-state index contributed by atoms with van der Waals surface area (Å²) in [6.45, 7) is 4.00. The van der Waals surface area contributed by atoms with Gasteiger partial charge in [-0.2, -0.15) is 0 Å². The summed E-state index contributed by atoms with van der Waals surface area (Å²) in [5, 5.41) is 5.39. The first-order chi connectivity index (χ1) is 10.5. The highest BCUT2D eigenvalue weighted by atomic mass is 79.9. The minimum Gasteiger partial charge on any atom is -0.342 e. The van der Waals surface area contributed by atoms with E-state index in [1.807, 2.05) is 31.2 Å². The Morgan fingerprint density at radius 2 is 2.00 bits per heavy atom. The van der Waals surface area contributed by atoms with Gasteiger partial charge in [0.2, 0.25) is 5.91 Å². The zero-order chi connectivity index (χ0) is 16.1. The van der Waals surface area contributed by atoms with Crippen molar-refractivity contribution in [3.8, 4) is 0 Å². The standard InChI is InChI=1S/C16H17BrN2O2S/c1-3-13-10(2)8-14(22-13)16(21)18-9-15(20)19-12-7-5-4-6-11(12)17/h4-8H,3,9H2,1-2H3,(H,18,21)(H,19,20). The van der Waals surface area contributed by atoms with Gasteiger partial charge in [0.1, 0.15) is 0 Å². The number of hydrogen-bond donors (Lipinski definition) is 2. The monoisotopic (exact) mass is 380 g/mol. The first-order valence-corrected chi connectivity index (χ1v) is 8.54. The van der Waals surface area contributed by atoms with Gasteiger partial charge >= 0.3 is 0 Å². The number of anilines is 1. The Hall–Kier alpha value is -1.66. The molecule has 0 atom stereocenters. The second kappa shape index (κ2) is 7.56. The number of carbonyl (C=O) groups excluding carboxylic acids is 2. The van der Waals surface area contributed by atoms with Gasteiger partial charge in [0, 0.05) is 9.35 Å². The molecule has 0 unspecified atom stereocenters. The zero-order valence-corrected chi connectivity index (χ0v) is 14.8. The van der Waals surface area contributed by atoms with Crippen LogP contribution in [-0.4, -0.2) is 18.4 Å². The largest absolute Gasteiger partial charge is 0.342 e. The highest BCUT2D eigenvalue weighted by Gasteiger charge is 2.13. The highest BCUT2D eigenvalue weighted by Crippen LogP contribution is 2.22. The third-order valence-electron chi connectivity index (χ3n) is 3.12. The van der Waals surface area contributed by atoms with Crippen molar-refractivity contribution < 1.29 is 9.59 Å². The van der Waals surface area contributed by atoms with E-state index in [1.165, 1.54) is 16.2 Å². The number of thiophene rings is 1. The Morgan fingerprint density at radius 1 is 1.27 bits per heavy atom. The maximum absolute atomic E-state index is 12.1. The molecular formula is C16H17BrN2O2S. The summed E-state index contributed by atoms with van der Waals surface area (Å²) in [4.78, 5) is 25.8. The summed E-state index contributed by atoms with van der Waals surface area (Å²) in [7, 11) is 0. The van der Waals surface area contributed by atoms with Crippen LogP contribution in [0.3, 0.4) is 0 Å². The van der Waals surface area contributed by atoms with E-state index in [9.17, 15) is 9.59 Å². The molecule has 0 aliphatic carbocycles. The van der Waals surface area contributed by atoms with E-state index in [0.717, 1.165) is 16.5 Å². The Labute approximate surface area is 142 Å². The maximum atomic E-state index is 12.1. The number of nitrogens with one attached hydrogen (secondary N) is 2. The Kier molecular flexibility index (Phi) is 5.74. The van der Waals surface area contributed by atoms with Crippen molar-refractivity contribution in [2.45, 2.75) is 20.3 Å². The molecule has 2 amide bonds. The van der Waals surface area contributed by atoms with Crippen LogP contribution in [0.1, 0.15) is 27.0 Å². The number of para-hydroxylation sites is 1. The number of rotatable bonds is 5. The van der Waals surface area contributed by atoms with Crippen LogP contribution >= 0.6 is 27.3 Å². The van der Waals surface area contributed by atoms with E-state index >= 15 is 0 Å². The molecule has 22 heavy (non-hydrogen) atoms. The first kappa shape index (κ1) is 16.7. The zero-order valence-electron chi connectivity index (χ0n) is 12.4. The number of hydrogen-bond acceptors (Lipinski definition) is 3. The average molecular weight is 381 g/mol. The first-order valence-electron chi connectivity index (χ1n) is 6.93. The van der Waals surface area contributed by atoms with Crippen molar-refractivity contribution in [2.24, 2.45) is 0 Å². The molecule has 4 nitrogen and oxygen atoms in total. The Balaban J connectivity index is 1.90. The summed E-state index contributed by atoms with van der Waals surface area (Å²) in [5.74, 6) is -0.473. The fourth-order valence-corrected chi connectivity index (χ4v) is 3.40. The van der Waals surface area contributed by atoms with E-state index in [0.29, 0.717) is 10.6 Å². The maximum Gasteiger partial charge on any atom is 0.261 e. The average Bonchev–Trinajstić information content (AvgIpc) is 2.88. The number of carbonyl (C=O) groups is 2. The molecule has 0 saturated carbocycles. The summed E-state index contributed by atoms with van der Waals surface area (Å²) >= 11 is 4.83. The van der Waals surface area contributed by atoms with E-state index in [-0.39, 0.29) is 18.4 Å². The fraction of sp³-hybridized carbons (Fsp3) is 0.250. The lowest BCUT2D eigenvalue weighted by molar-refractivity contribution is -0.115. The van der Waals surface area contributed by atoms with Gasteiger partial charge in [-0.05, 0) is 53.0 Å². The van der Waals surface area contributed by atoms with Crippen molar-refractivity contribution in [2.75, 3.05) is 11.9 Å². The quantitative estimate of drug-likeness (QED) is 0.829. The SMILES string of the molecule is CCc1sc(C(=O)NCC(=O)Nc2ccccc2Br)cc1C. The molecule has 1 heterocycles. The molecule has 0 aliphatic heterocycles. The molecule has 1 aromatic carbocycles. The molecule has 116 valence electrons. The molecule has 0 radical (unpaired) electrons. The van der Waals surface area contributed by atoms with Gasteiger partial charge in [0.05, 0.1) is 17.1 Å². The molecule has 6 heteroatoms. The van der Waals surface area contributed by atoms with Crippen LogP contribution in [0.15, 0.2) is 34.8 Å². The molecule has 0 saturated heterocycles. The van der Waals surface area contributed by atoms with Gasteiger partial charge in [-0.3, -0.25) is 9.59 Å². The molecular weight excluding hydrogens is 364 g/mol. The molecule has 2 rings (SSSR count). The summed E-state index contributed by atoms with van der Waals surface area (Å²) in [6.07, 6.45) is 0.909. The smallest absolute Gasteiger partial charge is 0.261 e. The van der Waals surface area contributed by atoms with Crippen molar-refractivity contribution >= 4 is 44.8 Å². The van der Waals surface area contributed by atoms with E-state index in [1.54, 1.807) is 6.07 Å². The van der Waals surface area contributed by atoms with E-state index < -0.39 is 0 Å². The van der Waals surface area contributed by atoms with Gasteiger partial charge in [-0.25, -0.2) is 0 Å². The summed E-state index contributed by atoms with van der Waals surface area (Å²) in [6, 6.07) is 9.20. The summed E-state index contributed by atoms with van der Waals surface area (Å²) in [5.41, 5.74) is 1.80. The van der Waals surface area contributed by atoms with Gasteiger partial charge < -0.3 is 10.6 Å². The molecule has 0 spiro atoms.